The Bertz CT molecular complexity index is 1080. The number of thioether (sulfide) groups is 1. The highest BCUT2D eigenvalue weighted by atomic mass is 32.2. The number of hydrogen-bond acceptors (Lipinski definition) is 7. The first kappa shape index (κ1) is 19.8. The number of benzene rings is 2. The number of nitrogens with zero attached hydrogens (tertiary/aromatic N) is 2. The van der Waals surface area contributed by atoms with Crippen LogP contribution in [-0.4, -0.2) is 42.1 Å². The maximum absolute atomic E-state index is 13.2. The molecule has 146 valence electrons. The summed E-state index contributed by atoms with van der Waals surface area (Å²) in [7, 11) is 4.40. The Morgan fingerprint density at radius 3 is 2.46 bits per heavy atom. The Kier molecular flexibility index (Phi) is 5.89. The smallest absolute Gasteiger partial charge is 0.318 e. The van der Waals surface area contributed by atoms with Gasteiger partial charge in [-0.3, -0.25) is 14.2 Å². The van der Waals surface area contributed by atoms with Gasteiger partial charge in [-0.15, -0.1) is 0 Å². The van der Waals surface area contributed by atoms with Crippen LogP contribution in [-0.2, 0) is 9.53 Å². The number of esters is 1. The first-order valence-corrected chi connectivity index (χ1v) is 9.36. The van der Waals surface area contributed by atoms with Gasteiger partial charge in [0.25, 0.3) is 5.56 Å². The van der Waals surface area contributed by atoms with Crippen molar-refractivity contribution >= 4 is 28.6 Å². The standard InChI is InChI=1S/C20H20N2O5S/c1-12(19(24)27-4)28-20-21-15-8-6-5-7-14(15)18(23)22(20)13-9-10-16(25-2)17(11-13)26-3/h5-12H,1-4H3. The highest BCUT2D eigenvalue weighted by Gasteiger charge is 2.21. The third-order valence-corrected chi connectivity index (χ3v) is 5.22. The molecule has 1 unspecified atom stereocenters. The van der Waals surface area contributed by atoms with Gasteiger partial charge in [0.05, 0.1) is 37.9 Å². The van der Waals surface area contributed by atoms with Gasteiger partial charge < -0.3 is 14.2 Å². The van der Waals surface area contributed by atoms with Crippen molar-refractivity contribution in [3.8, 4) is 17.2 Å². The Morgan fingerprint density at radius 2 is 1.79 bits per heavy atom. The Morgan fingerprint density at radius 1 is 1.07 bits per heavy atom. The molecule has 7 nitrogen and oxygen atoms in total. The molecule has 1 aromatic heterocycles. The van der Waals surface area contributed by atoms with Gasteiger partial charge in [-0.1, -0.05) is 23.9 Å². The second-order valence-electron chi connectivity index (χ2n) is 5.87. The van der Waals surface area contributed by atoms with Crippen LogP contribution in [0.1, 0.15) is 6.92 Å². The molecule has 0 fully saturated rings. The molecule has 0 aliphatic carbocycles. The second-order valence-corrected chi connectivity index (χ2v) is 7.18. The normalized spacial score (nSPS) is 11.9. The zero-order valence-electron chi connectivity index (χ0n) is 16.0. The van der Waals surface area contributed by atoms with Crippen molar-refractivity contribution in [2.24, 2.45) is 0 Å². The average molecular weight is 400 g/mol. The van der Waals surface area contributed by atoms with E-state index in [-0.39, 0.29) is 5.56 Å². The average Bonchev–Trinajstić information content (AvgIpc) is 2.72. The Balaban J connectivity index is 2.24. The van der Waals surface area contributed by atoms with Crippen LogP contribution in [0, 0.1) is 0 Å². The summed E-state index contributed by atoms with van der Waals surface area (Å²) in [6.07, 6.45) is 0. The molecular formula is C20H20N2O5S. The first-order chi connectivity index (χ1) is 13.5. The van der Waals surface area contributed by atoms with E-state index in [0.29, 0.717) is 33.2 Å². The van der Waals surface area contributed by atoms with Crippen molar-refractivity contribution in [3.63, 3.8) is 0 Å². The van der Waals surface area contributed by atoms with Gasteiger partial charge in [0, 0.05) is 6.07 Å². The molecule has 0 spiro atoms. The van der Waals surface area contributed by atoms with E-state index < -0.39 is 11.2 Å². The van der Waals surface area contributed by atoms with Crippen molar-refractivity contribution in [1.82, 2.24) is 9.55 Å². The summed E-state index contributed by atoms with van der Waals surface area (Å²) in [5.41, 5.74) is 0.877. The number of rotatable bonds is 6. The fourth-order valence-electron chi connectivity index (χ4n) is 2.76. The van der Waals surface area contributed by atoms with E-state index in [1.807, 2.05) is 6.07 Å². The molecule has 3 aromatic rings. The molecule has 0 aliphatic heterocycles. The van der Waals surface area contributed by atoms with Crippen LogP contribution in [0.4, 0.5) is 0 Å². The van der Waals surface area contributed by atoms with Crippen molar-refractivity contribution in [2.75, 3.05) is 21.3 Å². The van der Waals surface area contributed by atoms with Crippen LogP contribution in [0.3, 0.4) is 0 Å². The molecule has 1 atom stereocenters. The number of hydrogen-bond donors (Lipinski definition) is 0. The van der Waals surface area contributed by atoms with Gasteiger partial charge in [0.2, 0.25) is 0 Å². The number of fused-ring (bicyclic) bond motifs is 1. The largest absolute Gasteiger partial charge is 0.493 e. The fraction of sp³-hybridized carbons (Fsp3) is 0.250. The minimum absolute atomic E-state index is 0.239. The molecule has 2 aromatic carbocycles. The SMILES string of the molecule is COC(=O)C(C)Sc1nc2ccccc2c(=O)n1-c1ccc(OC)c(OC)c1. The summed E-state index contributed by atoms with van der Waals surface area (Å²) in [5.74, 6) is 0.633. The maximum Gasteiger partial charge on any atom is 0.318 e. The molecule has 0 saturated heterocycles. The van der Waals surface area contributed by atoms with Gasteiger partial charge in [0.1, 0.15) is 5.25 Å². The monoisotopic (exact) mass is 400 g/mol. The maximum atomic E-state index is 13.2. The van der Waals surface area contributed by atoms with Crippen LogP contribution in [0.2, 0.25) is 0 Å². The van der Waals surface area contributed by atoms with Crippen molar-refractivity contribution in [1.29, 1.82) is 0 Å². The molecular weight excluding hydrogens is 380 g/mol. The molecule has 28 heavy (non-hydrogen) atoms. The molecule has 0 saturated carbocycles. The summed E-state index contributed by atoms with van der Waals surface area (Å²) < 4.78 is 16.9. The molecule has 1 heterocycles. The summed E-state index contributed by atoms with van der Waals surface area (Å²) in [6.45, 7) is 1.71. The van der Waals surface area contributed by atoms with Crippen LogP contribution >= 0.6 is 11.8 Å². The lowest BCUT2D eigenvalue weighted by molar-refractivity contribution is -0.139. The van der Waals surface area contributed by atoms with Gasteiger partial charge in [-0.25, -0.2) is 4.98 Å². The van der Waals surface area contributed by atoms with Gasteiger partial charge in [-0.2, -0.15) is 0 Å². The lowest BCUT2D eigenvalue weighted by atomic mass is 10.2. The van der Waals surface area contributed by atoms with E-state index in [4.69, 9.17) is 14.2 Å². The van der Waals surface area contributed by atoms with Crippen LogP contribution in [0.15, 0.2) is 52.4 Å². The highest BCUT2D eigenvalue weighted by molar-refractivity contribution is 8.00. The van der Waals surface area contributed by atoms with Crippen LogP contribution in [0.25, 0.3) is 16.6 Å². The van der Waals surface area contributed by atoms with Crippen molar-refractivity contribution in [2.45, 2.75) is 17.3 Å². The van der Waals surface area contributed by atoms with Gasteiger partial charge in [0.15, 0.2) is 16.7 Å². The lowest BCUT2D eigenvalue weighted by Gasteiger charge is -2.16. The number of ether oxygens (including phenoxy) is 3. The lowest BCUT2D eigenvalue weighted by Crippen LogP contribution is -2.24. The number of carbonyl (C=O) groups excluding carboxylic acids is 1. The number of carbonyl (C=O) groups is 1. The molecule has 0 radical (unpaired) electrons. The minimum atomic E-state index is -0.538. The predicted molar refractivity (Wildman–Crippen MR) is 108 cm³/mol. The van der Waals surface area contributed by atoms with E-state index in [9.17, 15) is 9.59 Å². The molecule has 0 amide bonds. The summed E-state index contributed by atoms with van der Waals surface area (Å²) in [6, 6.07) is 12.2. The van der Waals surface area contributed by atoms with E-state index in [2.05, 4.69) is 4.98 Å². The molecule has 3 rings (SSSR count). The Labute approximate surface area is 166 Å². The number of para-hydroxylation sites is 1. The van der Waals surface area contributed by atoms with Crippen LogP contribution < -0.4 is 15.0 Å². The third kappa shape index (κ3) is 3.68. The molecule has 0 N–H and O–H groups in total. The summed E-state index contributed by atoms with van der Waals surface area (Å²) in [5, 5.41) is 0.325. The molecule has 0 bridgehead atoms. The van der Waals surface area contributed by atoms with E-state index in [1.165, 1.54) is 18.8 Å². The first-order valence-electron chi connectivity index (χ1n) is 8.48. The molecule has 0 aliphatic rings. The van der Waals surface area contributed by atoms with Gasteiger partial charge >= 0.3 is 5.97 Å². The zero-order chi connectivity index (χ0) is 20.3. The second kappa shape index (κ2) is 8.35. The Hall–Kier alpha value is -3.00. The molecule has 8 heteroatoms. The fourth-order valence-corrected chi connectivity index (χ4v) is 3.71. The third-order valence-electron chi connectivity index (χ3n) is 4.19. The topological polar surface area (TPSA) is 79.7 Å². The number of methoxy groups -OCH3 is 3. The van der Waals surface area contributed by atoms with E-state index in [1.54, 1.807) is 50.4 Å². The highest BCUT2D eigenvalue weighted by Crippen LogP contribution is 2.31. The summed E-state index contributed by atoms with van der Waals surface area (Å²) in [4.78, 5) is 29.8. The van der Waals surface area contributed by atoms with Crippen LogP contribution in [0.5, 0.6) is 11.5 Å². The van der Waals surface area contributed by atoms with E-state index >= 15 is 0 Å². The minimum Gasteiger partial charge on any atom is -0.493 e. The zero-order valence-corrected chi connectivity index (χ0v) is 16.8. The summed E-state index contributed by atoms with van der Waals surface area (Å²) >= 11 is 1.16. The number of aromatic nitrogens is 2. The van der Waals surface area contributed by atoms with E-state index in [0.717, 1.165) is 11.8 Å². The van der Waals surface area contributed by atoms with Gasteiger partial charge in [-0.05, 0) is 31.2 Å². The predicted octanol–water partition coefficient (Wildman–Crippen LogP) is 3.06. The van der Waals surface area contributed by atoms with Crippen molar-refractivity contribution < 1.29 is 19.0 Å². The van der Waals surface area contributed by atoms with Crippen molar-refractivity contribution in [3.05, 3.63) is 52.8 Å². The quantitative estimate of drug-likeness (QED) is 0.357.